The van der Waals surface area contributed by atoms with E-state index in [1.165, 1.54) is 18.1 Å². The van der Waals surface area contributed by atoms with Gasteiger partial charge in [0.15, 0.2) is 6.10 Å². The van der Waals surface area contributed by atoms with E-state index in [4.69, 9.17) is 4.74 Å². The van der Waals surface area contributed by atoms with Crippen LogP contribution in [0.25, 0.3) is 0 Å². The standard InChI is InChI=1S/C21H21NO4/c1-13(20(24)18-7-6-15-4-3-5-17(15)12-18)26-21(25)16-8-10-19(11-9-16)22-14(2)23/h6-13H,3-5H2,1-2H3,(H,22,23)/t13-/m0/s1. The first-order chi connectivity index (χ1) is 12.4. The molecule has 2 aromatic rings. The highest BCUT2D eigenvalue weighted by atomic mass is 16.5. The fourth-order valence-corrected chi connectivity index (χ4v) is 3.13. The minimum Gasteiger partial charge on any atom is -0.451 e. The van der Waals surface area contributed by atoms with Crippen LogP contribution in [0.4, 0.5) is 5.69 Å². The van der Waals surface area contributed by atoms with Crippen LogP contribution in [0, 0.1) is 0 Å². The van der Waals surface area contributed by atoms with E-state index in [0.29, 0.717) is 16.8 Å². The Morgan fingerprint density at radius 3 is 2.31 bits per heavy atom. The molecule has 1 N–H and O–H groups in total. The lowest BCUT2D eigenvalue weighted by Gasteiger charge is -2.13. The molecular formula is C21H21NO4. The molecular weight excluding hydrogens is 330 g/mol. The molecule has 0 spiro atoms. The summed E-state index contributed by atoms with van der Waals surface area (Å²) in [7, 11) is 0. The van der Waals surface area contributed by atoms with E-state index in [1.54, 1.807) is 37.3 Å². The molecule has 5 nitrogen and oxygen atoms in total. The highest BCUT2D eigenvalue weighted by Crippen LogP contribution is 2.23. The molecule has 0 saturated carbocycles. The first-order valence-electron chi connectivity index (χ1n) is 8.68. The molecule has 1 aliphatic carbocycles. The van der Waals surface area contributed by atoms with E-state index in [9.17, 15) is 14.4 Å². The van der Waals surface area contributed by atoms with Crippen LogP contribution < -0.4 is 5.32 Å². The Bertz CT molecular complexity index is 855. The first-order valence-corrected chi connectivity index (χ1v) is 8.68. The predicted octanol–water partition coefficient (Wildman–Crippen LogP) is 3.56. The van der Waals surface area contributed by atoms with Crippen molar-refractivity contribution in [3.8, 4) is 0 Å². The Hall–Kier alpha value is -2.95. The molecule has 1 atom stereocenters. The van der Waals surface area contributed by atoms with Gasteiger partial charge < -0.3 is 10.1 Å². The SMILES string of the molecule is CC(=O)Nc1ccc(C(=O)O[C@@H](C)C(=O)c2ccc3c(c2)CCC3)cc1. The van der Waals surface area contributed by atoms with E-state index in [2.05, 4.69) is 5.32 Å². The number of amides is 1. The van der Waals surface area contributed by atoms with Crippen LogP contribution >= 0.6 is 0 Å². The number of benzene rings is 2. The molecule has 3 rings (SSSR count). The fraction of sp³-hybridized carbons (Fsp3) is 0.286. The molecule has 0 heterocycles. The van der Waals surface area contributed by atoms with Crippen molar-refractivity contribution in [1.29, 1.82) is 0 Å². The monoisotopic (exact) mass is 351 g/mol. The minimum atomic E-state index is -0.864. The third kappa shape index (κ3) is 3.99. The van der Waals surface area contributed by atoms with Gasteiger partial charge in [-0.05, 0) is 67.6 Å². The maximum absolute atomic E-state index is 12.6. The summed E-state index contributed by atoms with van der Waals surface area (Å²) in [5.74, 6) is -0.960. The van der Waals surface area contributed by atoms with Gasteiger partial charge in [0.2, 0.25) is 11.7 Å². The second-order valence-corrected chi connectivity index (χ2v) is 6.51. The summed E-state index contributed by atoms with van der Waals surface area (Å²) >= 11 is 0. The number of esters is 1. The lowest BCUT2D eigenvalue weighted by molar-refractivity contribution is -0.114. The third-order valence-electron chi connectivity index (χ3n) is 4.48. The number of ether oxygens (including phenoxy) is 1. The Kier molecular flexibility index (Phi) is 5.16. The molecule has 134 valence electrons. The van der Waals surface area contributed by atoms with E-state index in [1.807, 2.05) is 12.1 Å². The average Bonchev–Trinajstić information content (AvgIpc) is 3.08. The van der Waals surface area contributed by atoms with Crippen LogP contribution in [0.2, 0.25) is 0 Å². The molecule has 0 radical (unpaired) electrons. The number of rotatable bonds is 5. The van der Waals surface area contributed by atoms with Gasteiger partial charge in [-0.15, -0.1) is 0 Å². The van der Waals surface area contributed by atoms with E-state index < -0.39 is 12.1 Å². The molecule has 26 heavy (non-hydrogen) atoms. The zero-order valence-corrected chi connectivity index (χ0v) is 14.9. The summed E-state index contributed by atoms with van der Waals surface area (Å²) in [5, 5.41) is 2.63. The molecule has 5 heteroatoms. The predicted molar refractivity (Wildman–Crippen MR) is 98.4 cm³/mol. The van der Waals surface area contributed by atoms with Crippen molar-refractivity contribution >= 4 is 23.3 Å². The van der Waals surface area contributed by atoms with Gasteiger partial charge in [-0.2, -0.15) is 0 Å². The zero-order chi connectivity index (χ0) is 18.7. The summed E-state index contributed by atoms with van der Waals surface area (Å²) in [4.78, 5) is 35.8. The van der Waals surface area contributed by atoms with Crippen molar-refractivity contribution in [2.45, 2.75) is 39.2 Å². The number of carbonyl (C=O) groups excluding carboxylic acids is 3. The smallest absolute Gasteiger partial charge is 0.338 e. The van der Waals surface area contributed by atoms with Crippen LogP contribution in [-0.2, 0) is 22.4 Å². The molecule has 0 aliphatic heterocycles. The quantitative estimate of drug-likeness (QED) is 0.660. The van der Waals surface area contributed by atoms with Crippen molar-refractivity contribution in [1.82, 2.24) is 0 Å². The Balaban J connectivity index is 1.65. The van der Waals surface area contributed by atoms with Gasteiger partial charge in [0.1, 0.15) is 0 Å². The number of nitrogens with one attached hydrogen (secondary N) is 1. The van der Waals surface area contributed by atoms with Crippen LogP contribution in [0.3, 0.4) is 0 Å². The van der Waals surface area contributed by atoms with Gasteiger partial charge in [0.05, 0.1) is 5.56 Å². The van der Waals surface area contributed by atoms with Gasteiger partial charge in [-0.25, -0.2) is 4.79 Å². The van der Waals surface area contributed by atoms with Crippen molar-refractivity contribution in [2.24, 2.45) is 0 Å². The van der Waals surface area contributed by atoms with E-state index in [-0.39, 0.29) is 11.7 Å². The summed E-state index contributed by atoms with van der Waals surface area (Å²) in [5.41, 5.74) is 4.00. The summed E-state index contributed by atoms with van der Waals surface area (Å²) in [6.45, 7) is 2.99. The number of aryl methyl sites for hydroxylation is 2. The van der Waals surface area contributed by atoms with Crippen LogP contribution in [0.5, 0.6) is 0 Å². The highest BCUT2D eigenvalue weighted by molar-refractivity contribution is 6.01. The van der Waals surface area contributed by atoms with E-state index >= 15 is 0 Å². The Morgan fingerprint density at radius 1 is 0.962 bits per heavy atom. The number of carbonyl (C=O) groups is 3. The van der Waals surface area contributed by atoms with Crippen LogP contribution in [0.15, 0.2) is 42.5 Å². The zero-order valence-electron chi connectivity index (χ0n) is 14.9. The second kappa shape index (κ2) is 7.52. The summed E-state index contributed by atoms with van der Waals surface area (Å²) in [6, 6.07) is 12.1. The molecule has 0 fully saturated rings. The highest BCUT2D eigenvalue weighted by Gasteiger charge is 2.22. The van der Waals surface area contributed by atoms with Crippen LogP contribution in [0.1, 0.15) is 52.1 Å². The average molecular weight is 351 g/mol. The van der Waals surface area contributed by atoms with E-state index in [0.717, 1.165) is 19.3 Å². The second-order valence-electron chi connectivity index (χ2n) is 6.51. The molecule has 1 aliphatic rings. The number of hydrogen-bond donors (Lipinski definition) is 1. The number of Topliss-reactive ketones (excluding diaryl/α,β-unsaturated/α-hetero) is 1. The van der Waals surface area contributed by atoms with Crippen LogP contribution in [-0.4, -0.2) is 23.8 Å². The van der Waals surface area contributed by atoms with Gasteiger partial charge in [-0.3, -0.25) is 9.59 Å². The largest absolute Gasteiger partial charge is 0.451 e. The van der Waals surface area contributed by atoms with Gasteiger partial charge in [0, 0.05) is 18.2 Å². The van der Waals surface area contributed by atoms with Gasteiger partial charge in [-0.1, -0.05) is 12.1 Å². The lowest BCUT2D eigenvalue weighted by atomic mass is 10.0. The Morgan fingerprint density at radius 2 is 1.62 bits per heavy atom. The molecule has 0 unspecified atom stereocenters. The maximum Gasteiger partial charge on any atom is 0.338 e. The first kappa shape index (κ1) is 17.9. The van der Waals surface area contributed by atoms with Crippen molar-refractivity contribution in [3.63, 3.8) is 0 Å². The lowest BCUT2D eigenvalue weighted by Crippen LogP contribution is -2.24. The van der Waals surface area contributed by atoms with Crippen molar-refractivity contribution in [2.75, 3.05) is 5.32 Å². The van der Waals surface area contributed by atoms with Crippen molar-refractivity contribution < 1.29 is 19.1 Å². The summed E-state index contributed by atoms with van der Waals surface area (Å²) < 4.78 is 5.32. The minimum absolute atomic E-state index is 0.186. The number of hydrogen-bond acceptors (Lipinski definition) is 4. The van der Waals surface area contributed by atoms with Crippen molar-refractivity contribution in [3.05, 3.63) is 64.7 Å². The summed E-state index contributed by atoms with van der Waals surface area (Å²) in [6.07, 6.45) is 2.30. The molecule has 0 saturated heterocycles. The third-order valence-corrected chi connectivity index (χ3v) is 4.48. The molecule has 1 amide bonds. The van der Waals surface area contributed by atoms with Gasteiger partial charge >= 0.3 is 5.97 Å². The van der Waals surface area contributed by atoms with Gasteiger partial charge in [0.25, 0.3) is 0 Å². The molecule has 0 bridgehead atoms. The Labute approximate surface area is 152 Å². The number of ketones is 1. The maximum atomic E-state index is 12.6. The number of fused-ring (bicyclic) bond motifs is 1. The fourth-order valence-electron chi connectivity index (χ4n) is 3.13. The number of anilines is 1. The molecule has 2 aromatic carbocycles. The topological polar surface area (TPSA) is 72.5 Å². The normalized spacial score (nSPS) is 13.6. The molecule has 0 aromatic heterocycles.